The van der Waals surface area contributed by atoms with Crippen LogP contribution in [0.3, 0.4) is 0 Å². The van der Waals surface area contributed by atoms with Crippen molar-refractivity contribution in [3.63, 3.8) is 0 Å². The summed E-state index contributed by atoms with van der Waals surface area (Å²) in [7, 11) is 1.67. The number of ether oxygens (including phenoxy) is 1. The molecule has 1 saturated heterocycles. The highest BCUT2D eigenvalue weighted by Crippen LogP contribution is 2.22. The van der Waals surface area contributed by atoms with Crippen LogP contribution >= 0.6 is 0 Å². The number of methoxy groups -OCH3 is 1. The second kappa shape index (κ2) is 6.81. The summed E-state index contributed by atoms with van der Waals surface area (Å²) in [6.07, 6.45) is 5.51. The summed E-state index contributed by atoms with van der Waals surface area (Å²) in [4.78, 5) is 15.7. The normalized spacial score (nSPS) is 16.0. The molecule has 1 aliphatic heterocycles. The Hall–Kier alpha value is -2.05. The van der Waals surface area contributed by atoms with E-state index in [0.717, 1.165) is 43.0 Å². The quantitative estimate of drug-likeness (QED) is 0.924. The summed E-state index contributed by atoms with van der Waals surface area (Å²) in [5, 5.41) is 0. The number of pyridine rings is 1. The molecule has 0 spiro atoms. The first-order valence-corrected chi connectivity index (χ1v) is 7.54. The van der Waals surface area contributed by atoms with Crippen molar-refractivity contribution in [3.8, 4) is 11.4 Å². The monoisotopic (exact) mass is 299 g/mol. The number of nitrogens with two attached hydrogens (primary N) is 1. The zero-order chi connectivity index (χ0) is 15.4. The first-order chi connectivity index (χ1) is 10.8. The standard InChI is InChI=1S/C16H21N5O/c1-22-11-14-9-15(21-7-4-13(17)5-8-21)20-16(19-14)12-3-2-6-18-10-12/h2-3,6,9-10,13H,4-5,7-8,11,17H2,1H3. The SMILES string of the molecule is COCc1cc(N2CCC(N)CC2)nc(-c2cccnc2)n1. The molecule has 1 aliphatic rings. The van der Waals surface area contributed by atoms with E-state index in [1.807, 2.05) is 18.2 Å². The lowest BCUT2D eigenvalue weighted by Crippen LogP contribution is -2.40. The summed E-state index contributed by atoms with van der Waals surface area (Å²) in [5.41, 5.74) is 7.77. The molecule has 22 heavy (non-hydrogen) atoms. The summed E-state index contributed by atoms with van der Waals surface area (Å²) in [6.45, 7) is 2.32. The molecule has 0 bridgehead atoms. The van der Waals surface area contributed by atoms with Gasteiger partial charge < -0.3 is 15.4 Å². The van der Waals surface area contributed by atoms with Crippen LogP contribution in [0.2, 0.25) is 0 Å². The Bertz CT molecular complexity index is 611. The second-order valence-corrected chi connectivity index (χ2v) is 5.54. The van der Waals surface area contributed by atoms with Crippen LogP contribution in [0.5, 0.6) is 0 Å². The maximum absolute atomic E-state index is 5.99. The van der Waals surface area contributed by atoms with E-state index >= 15 is 0 Å². The van der Waals surface area contributed by atoms with Crippen LogP contribution in [0.4, 0.5) is 5.82 Å². The Morgan fingerprint density at radius 3 is 2.82 bits per heavy atom. The van der Waals surface area contributed by atoms with Gasteiger partial charge in [0.25, 0.3) is 0 Å². The minimum Gasteiger partial charge on any atom is -0.378 e. The molecule has 6 heteroatoms. The number of anilines is 1. The van der Waals surface area contributed by atoms with Gasteiger partial charge in [0.2, 0.25) is 0 Å². The van der Waals surface area contributed by atoms with Gasteiger partial charge in [-0.3, -0.25) is 4.98 Å². The molecule has 2 N–H and O–H groups in total. The van der Waals surface area contributed by atoms with Gasteiger partial charge in [0.15, 0.2) is 5.82 Å². The van der Waals surface area contributed by atoms with E-state index in [4.69, 9.17) is 15.5 Å². The predicted octanol–water partition coefficient (Wildman–Crippen LogP) is 1.61. The zero-order valence-electron chi connectivity index (χ0n) is 12.8. The Labute approximate surface area is 130 Å². The first-order valence-electron chi connectivity index (χ1n) is 7.54. The third-order valence-electron chi connectivity index (χ3n) is 3.84. The van der Waals surface area contributed by atoms with E-state index in [2.05, 4.69) is 14.9 Å². The van der Waals surface area contributed by atoms with Gasteiger partial charge in [-0.1, -0.05) is 0 Å². The number of aromatic nitrogens is 3. The van der Waals surface area contributed by atoms with Crippen LogP contribution in [0.15, 0.2) is 30.6 Å². The van der Waals surface area contributed by atoms with Crippen LogP contribution in [0, 0.1) is 0 Å². The summed E-state index contributed by atoms with van der Waals surface area (Å²) >= 11 is 0. The van der Waals surface area contributed by atoms with Gasteiger partial charge in [-0.25, -0.2) is 9.97 Å². The molecule has 0 amide bonds. The fraction of sp³-hybridized carbons (Fsp3) is 0.438. The van der Waals surface area contributed by atoms with E-state index < -0.39 is 0 Å². The number of hydrogen-bond acceptors (Lipinski definition) is 6. The third kappa shape index (κ3) is 3.40. The van der Waals surface area contributed by atoms with Crippen molar-refractivity contribution in [1.82, 2.24) is 15.0 Å². The van der Waals surface area contributed by atoms with Gasteiger partial charge in [0.05, 0.1) is 12.3 Å². The number of piperidine rings is 1. The molecular weight excluding hydrogens is 278 g/mol. The topological polar surface area (TPSA) is 77.2 Å². The summed E-state index contributed by atoms with van der Waals surface area (Å²) in [5.74, 6) is 1.63. The van der Waals surface area contributed by atoms with Crippen molar-refractivity contribution in [3.05, 3.63) is 36.3 Å². The van der Waals surface area contributed by atoms with Crippen LogP contribution in [0.1, 0.15) is 18.5 Å². The van der Waals surface area contributed by atoms with E-state index in [9.17, 15) is 0 Å². The Kier molecular flexibility index (Phi) is 4.60. The highest BCUT2D eigenvalue weighted by Gasteiger charge is 2.19. The second-order valence-electron chi connectivity index (χ2n) is 5.54. The molecule has 3 rings (SSSR count). The molecule has 1 fully saturated rings. The van der Waals surface area contributed by atoms with E-state index in [-0.39, 0.29) is 0 Å². The van der Waals surface area contributed by atoms with Crippen LogP contribution in [-0.2, 0) is 11.3 Å². The van der Waals surface area contributed by atoms with Crippen LogP contribution < -0.4 is 10.6 Å². The largest absolute Gasteiger partial charge is 0.378 e. The maximum Gasteiger partial charge on any atom is 0.163 e. The van der Waals surface area contributed by atoms with Crippen molar-refractivity contribution in [1.29, 1.82) is 0 Å². The fourth-order valence-electron chi connectivity index (χ4n) is 2.62. The van der Waals surface area contributed by atoms with E-state index in [1.165, 1.54) is 0 Å². The Morgan fingerprint density at radius 1 is 1.32 bits per heavy atom. The van der Waals surface area contributed by atoms with Gasteiger partial charge >= 0.3 is 0 Å². The minimum atomic E-state index is 0.300. The molecular formula is C16H21N5O. The van der Waals surface area contributed by atoms with Gasteiger partial charge in [-0.05, 0) is 25.0 Å². The molecule has 6 nitrogen and oxygen atoms in total. The first kappa shape index (κ1) is 14.9. The predicted molar refractivity (Wildman–Crippen MR) is 85.4 cm³/mol. The minimum absolute atomic E-state index is 0.300. The average Bonchev–Trinajstić information content (AvgIpc) is 2.56. The smallest absolute Gasteiger partial charge is 0.163 e. The Balaban J connectivity index is 1.93. The van der Waals surface area contributed by atoms with Gasteiger partial charge in [-0.2, -0.15) is 0 Å². The van der Waals surface area contributed by atoms with Gasteiger partial charge in [-0.15, -0.1) is 0 Å². The van der Waals surface area contributed by atoms with Crippen LogP contribution in [0.25, 0.3) is 11.4 Å². The summed E-state index contributed by atoms with van der Waals surface area (Å²) in [6, 6.07) is 6.16. The van der Waals surface area contributed by atoms with Crippen LogP contribution in [-0.4, -0.2) is 41.2 Å². The molecule has 0 saturated carbocycles. The Morgan fingerprint density at radius 2 is 2.14 bits per heavy atom. The highest BCUT2D eigenvalue weighted by molar-refractivity contribution is 5.56. The van der Waals surface area contributed by atoms with Gasteiger partial charge in [0, 0.05) is 50.3 Å². The third-order valence-corrected chi connectivity index (χ3v) is 3.84. The van der Waals surface area contributed by atoms with E-state index in [0.29, 0.717) is 18.5 Å². The fourth-order valence-corrected chi connectivity index (χ4v) is 2.62. The lowest BCUT2D eigenvalue weighted by molar-refractivity contribution is 0.181. The zero-order valence-corrected chi connectivity index (χ0v) is 12.8. The maximum atomic E-state index is 5.99. The lowest BCUT2D eigenvalue weighted by Gasteiger charge is -2.31. The molecule has 0 aliphatic carbocycles. The highest BCUT2D eigenvalue weighted by atomic mass is 16.5. The average molecular weight is 299 g/mol. The molecule has 0 aromatic carbocycles. The van der Waals surface area contributed by atoms with Crippen molar-refractivity contribution in [2.45, 2.75) is 25.5 Å². The number of nitrogens with zero attached hydrogens (tertiary/aromatic N) is 4. The molecule has 116 valence electrons. The van der Waals surface area contributed by atoms with Crippen molar-refractivity contribution >= 4 is 5.82 Å². The molecule has 0 radical (unpaired) electrons. The molecule has 0 unspecified atom stereocenters. The molecule has 2 aromatic heterocycles. The number of hydrogen-bond donors (Lipinski definition) is 1. The number of rotatable bonds is 4. The van der Waals surface area contributed by atoms with Crippen molar-refractivity contribution < 1.29 is 4.74 Å². The molecule has 2 aromatic rings. The summed E-state index contributed by atoms with van der Waals surface area (Å²) < 4.78 is 5.23. The van der Waals surface area contributed by atoms with Crippen molar-refractivity contribution in [2.24, 2.45) is 5.73 Å². The van der Waals surface area contributed by atoms with Gasteiger partial charge in [0.1, 0.15) is 5.82 Å². The van der Waals surface area contributed by atoms with E-state index in [1.54, 1.807) is 19.5 Å². The lowest BCUT2D eigenvalue weighted by atomic mass is 10.1. The molecule has 0 atom stereocenters. The molecule has 3 heterocycles. The van der Waals surface area contributed by atoms with Crippen molar-refractivity contribution in [2.75, 3.05) is 25.1 Å².